The molecule has 156 valence electrons. The molecule has 0 N–H and O–H groups in total. The molecule has 0 saturated carbocycles. The molecule has 3 aliphatic rings. The Labute approximate surface area is 175 Å². The molecular formula is C22H26N6O2. The molecule has 3 fully saturated rings. The molecule has 0 aromatic carbocycles. The highest BCUT2D eigenvalue weighted by atomic mass is 16.2. The molecular weight excluding hydrogens is 380 g/mol. The van der Waals surface area contributed by atoms with Gasteiger partial charge in [0.1, 0.15) is 0 Å². The van der Waals surface area contributed by atoms with Crippen molar-refractivity contribution in [2.45, 2.75) is 19.3 Å². The van der Waals surface area contributed by atoms with Crippen LogP contribution < -0.4 is 4.90 Å². The average molecular weight is 406 g/mol. The van der Waals surface area contributed by atoms with Crippen LogP contribution in [0.5, 0.6) is 0 Å². The summed E-state index contributed by atoms with van der Waals surface area (Å²) in [5.74, 6) is 0.957. The van der Waals surface area contributed by atoms with Gasteiger partial charge >= 0.3 is 0 Å². The van der Waals surface area contributed by atoms with Gasteiger partial charge in [-0.15, -0.1) is 0 Å². The summed E-state index contributed by atoms with van der Waals surface area (Å²) in [6, 6.07) is 5.32. The third-order valence-electron chi connectivity index (χ3n) is 7.37. The van der Waals surface area contributed by atoms with Crippen molar-refractivity contribution in [2.24, 2.45) is 10.8 Å². The van der Waals surface area contributed by atoms with Crippen LogP contribution in [0.15, 0.2) is 43.0 Å². The first-order valence-corrected chi connectivity index (χ1v) is 10.5. The number of rotatable bonds is 2. The first-order chi connectivity index (χ1) is 14.5. The highest BCUT2D eigenvalue weighted by Gasteiger charge is 2.65. The van der Waals surface area contributed by atoms with E-state index in [2.05, 4.69) is 19.9 Å². The number of likely N-dealkylation sites (tertiary alicyclic amines) is 2. The summed E-state index contributed by atoms with van der Waals surface area (Å²) >= 11 is 0. The fourth-order valence-corrected chi connectivity index (χ4v) is 5.68. The standard InChI is InChI=1S/C22H26N6O2/c1-26-12-7-22(19(26)30)16-28(20-24-8-2-9-25-20)15-21(22)5-13-27(14-6-21)18(29)17-3-10-23-11-4-17/h2-4,8-11H,5-7,12-16H2,1H3/t22-/m1/s1. The summed E-state index contributed by atoms with van der Waals surface area (Å²) in [6.45, 7) is 3.50. The number of aromatic nitrogens is 3. The molecule has 2 spiro atoms. The second kappa shape index (κ2) is 7.04. The van der Waals surface area contributed by atoms with Crippen LogP contribution in [0.25, 0.3) is 0 Å². The van der Waals surface area contributed by atoms with Crippen LogP contribution in [0, 0.1) is 10.8 Å². The molecule has 30 heavy (non-hydrogen) atoms. The zero-order valence-electron chi connectivity index (χ0n) is 17.2. The maximum atomic E-state index is 13.4. The number of hydrogen-bond acceptors (Lipinski definition) is 6. The number of nitrogens with zero attached hydrogens (tertiary/aromatic N) is 6. The third kappa shape index (κ3) is 2.77. The number of anilines is 1. The normalized spacial score (nSPS) is 25.5. The topological polar surface area (TPSA) is 82.5 Å². The van der Waals surface area contributed by atoms with E-state index in [1.54, 1.807) is 36.9 Å². The highest BCUT2D eigenvalue weighted by Crippen LogP contribution is 2.58. The predicted molar refractivity (Wildman–Crippen MR) is 111 cm³/mol. The van der Waals surface area contributed by atoms with Crippen molar-refractivity contribution in [3.8, 4) is 0 Å². The van der Waals surface area contributed by atoms with Gasteiger partial charge in [0.05, 0.1) is 5.41 Å². The van der Waals surface area contributed by atoms with Gasteiger partial charge in [0.15, 0.2) is 0 Å². The Hall–Kier alpha value is -3.03. The molecule has 1 atom stereocenters. The first-order valence-electron chi connectivity index (χ1n) is 10.5. The fraction of sp³-hybridized carbons (Fsp3) is 0.500. The summed E-state index contributed by atoms with van der Waals surface area (Å²) in [5, 5.41) is 0. The number of carbonyl (C=O) groups excluding carboxylic acids is 2. The van der Waals surface area contributed by atoms with Crippen LogP contribution in [-0.4, -0.2) is 76.3 Å². The molecule has 5 heterocycles. The van der Waals surface area contributed by atoms with Crippen molar-refractivity contribution in [1.29, 1.82) is 0 Å². The minimum atomic E-state index is -0.424. The Balaban J connectivity index is 1.42. The number of amides is 2. The summed E-state index contributed by atoms with van der Waals surface area (Å²) in [6.07, 6.45) is 9.27. The summed E-state index contributed by atoms with van der Waals surface area (Å²) in [7, 11) is 1.90. The molecule has 8 heteroatoms. The lowest BCUT2D eigenvalue weighted by atomic mass is 9.60. The Kier molecular flexibility index (Phi) is 4.45. The number of carbonyl (C=O) groups is 2. The van der Waals surface area contributed by atoms with E-state index in [0.717, 1.165) is 32.4 Å². The average Bonchev–Trinajstić information content (AvgIpc) is 3.28. The van der Waals surface area contributed by atoms with Crippen molar-refractivity contribution < 1.29 is 9.59 Å². The van der Waals surface area contributed by atoms with Crippen molar-refractivity contribution in [3.05, 3.63) is 48.5 Å². The monoisotopic (exact) mass is 406 g/mol. The van der Waals surface area contributed by atoms with Gasteiger partial charge in [-0.05, 0) is 37.5 Å². The lowest BCUT2D eigenvalue weighted by Gasteiger charge is -2.46. The van der Waals surface area contributed by atoms with Crippen LogP contribution in [0.4, 0.5) is 5.95 Å². The minimum absolute atomic E-state index is 0.0393. The number of piperidine rings is 1. The fourth-order valence-electron chi connectivity index (χ4n) is 5.68. The quantitative estimate of drug-likeness (QED) is 0.751. The van der Waals surface area contributed by atoms with Crippen molar-refractivity contribution in [1.82, 2.24) is 24.8 Å². The maximum Gasteiger partial charge on any atom is 0.253 e. The Bertz CT molecular complexity index is 945. The smallest absolute Gasteiger partial charge is 0.253 e. The second-order valence-electron chi connectivity index (χ2n) is 8.77. The Morgan fingerprint density at radius 2 is 1.67 bits per heavy atom. The van der Waals surface area contributed by atoms with Gasteiger partial charge in [0, 0.05) is 75.5 Å². The molecule has 2 aromatic rings. The van der Waals surface area contributed by atoms with E-state index in [9.17, 15) is 9.59 Å². The molecule has 0 bridgehead atoms. The van der Waals surface area contributed by atoms with Gasteiger partial charge in [-0.3, -0.25) is 14.6 Å². The van der Waals surface area contributed by atoms with Gasteiger partial charge in [-0.1, -0.05) is 0 Å². The number of fused-ring (bicyclic) bond motifs is 1. The lowest BCUT2D eigenvalue weighted by Crippen LogP contribution is -2.53. The summed E-state index contributed by atoms with van der Waals surface area (Å²) < 4.78 is 0. The lowest BCUT2D eigenvalue weighted by molar-refractivity contribution is -0.140. The van der Waals surface area contributed by atoms with Crippen LogP contribution in [0.1, 0.15) is 29.6 Å². The zero-order valence-corrected chi connectivity index (χ0v) is 17.2. The van der Waals surface area contributed by atoms with Gasteiger partial charge in [-0.25, -0.2) is 9.97 Å². The summed E-state index contributed by atoms with van der Waals surface area (Å²) in [4.78, 5) is 45.1. The SMILES string of the molecule is CN1CC[C@@]2(CN(c3ncccn3)CC23CCN(C(=O)c2ccncc2)CC3)C1=O. The van der Waals surface area contributed by atoms with Crippen LogP contribution in [0.3, 0.4) is 0 Å². The van der Waals surface area contributed by atoms with Crippen LogP contribution >= 0.6 is 0 Å². The van der Waals surface area contributed by atoms with E-state index < -0.39 is 5.41 Å². The number of pyridine rings is 1. The van der Waals surface area contributed by atoms with Gasteiger partial charge in [0.2, 0.25) is 11.9 Å². The Morgan fingerprint density at radius 3 is 2.30 bits per heavy atom. The molecule has 0 aliphatic carbocycles. The van der Waals surface area contributed by atoms with E-state index in [-0.39, 0.29) is 17.2 Å². The first kappa shape index (κ1) is 19.0. The largest absolute Gasteiger partial charge is 0.345 e. The van der Waals surface area contributed by atoms with Crippen molar-refractivity contribution >= 4 is 17.8 Å². The van der Waals surface area contributed by atoms with Gasteiger partial charge in [0.25, 0.3) is 5.91 Å². The third-order valence-corrected chi connectivity index (χ3v) is 7.37. The van der Waals surface area contributed by atoms with Gasteiger partial charge < -0.3 is 14.7 Å². The van der Waals surface area contributed by atoms with E-state index in [4.69, 9.17) is 0 Å². The summed E-state index contributed by atoms with van der Waals surface area (Å²) in [5.41, 5.74) is 0.0774. The molecule has 8 nitrogen and oxygen atoms in total. The molecule has 5 rings (SSSR count). The molecule has 2 amide bonds. The predicted octanol–water partition coefficient (Wildman–Crippen LogP) is 1.46. The van der Waals surface area contributed by atoms with E-state index >= 15 is 0 Å². The second-order valence-corrected chi connectivity index (χ2v) is 8.77. The van der Waals surface area contributed by atoms with E-state index in [1.807, 2.05) is 22.9 Å². The zero-order chi connectivity index (χ0) is 20.8. The number of hydrogen-bond donors (Lipinski definition) is 0. The van der Waals surface area contributed by atoms with Crippen LogP contribution in [-0.2, 0) is 4.79 Å². The van der Waals surface area contributed by atoms with E-state index in [1.165, 1.54) is 0 Å². The molecule has 3 aliphatic heterocycles. The Morgan fingerprint density at radius 1 is 0.967 bits per heavy atom. The minimum Gasteiger partial charge on any atom is -0.345 e. The van der Waals surface area contributed by atoms with Crippen LogP contribution in [0.2, 0.25) is 0 Å². The molecule has 3 saturated heterocycles. The molecule has 0 unspecified atom stereocenters. The van der Waals surface area contributed by atoms with Crippen molar-refractivity contribution in [3.63, 3.8) is 0 Å². The van der Waals surface area contributed by atoms with Gasteiger partial charge in [-0.2, -0.15) is 0 Å². The maximum absolute atomic E-state index is 13.4. The molecule has 2 aromatic heterocycles. The molecule has 0 radical (unpaired) electrons. The van der Waals surface area contributed by atoms with Crippen molar-refractivity contribution in [2.75, 3.05) is 44.7 Å². The highest BCUT2D eigenvalue weighted by molar-refractivity contribution is 5.94. The van der Waals surface area contributed by atoms with E-state index in [0.29, 0.717) is 31.1 Å².